The maximum atomic E-state index is 13.2. The van der Waals surface area contributed by atoms with Crippen molar-refractivity contribution in [1.29, 1.82) is 0 Å². The molecule has 1 amide bonds. The molecule has 1 heterocycles. The van der Waals surface area contributed by atoms with Gasteiger partial charge in [0.2, 0.25) is 11.9 Å². The summed E-state index contributed by atoms with van der Waals surface area (Å²) in [4.78, 5) is 24.1. The van der Waals surface area contributed by atoms with Crippen LogP contribution in [-0.4, -0.2) is 42.6 Å². The Morgan fingerprint density at radius 1 is 1.15 bits per heavy atom. The lowest BCUT2D eigenvalue weighted by molar-refractivity contribution is -0.120. The molecule has 0 saturated heterocycles. The van der Waals surface area contributed by atoms with Crippen LogP contribution in [0, 0.1) is 11.7 Å². The van der Waals surface area contributed by atoms with Crippen LogP contribution >= 0.6 is 11.6 Å². The Balaban J connectivity index is 1.25. The van der Waals surface area contributed by atoms with Gasteiger partial charge in [-0.1, -0.05) is 17.7 Å². The molecule has 4 rings (SSSR count). The van der Waals surface area contributed by atoms with E-state index in [4.69, 9.17) is 21.6 Å². The predicted octanol–water partition coefficient (Wildman–Crippen LogP) is 4.54. The van der Waals surface area contributed by atoms with Crippen molar-refractivity contribution < 1.29 is 9.18 Å². The van der Waals surface area contributed by atoms with Crippen molar-refractivity contribution in [2.75, 3.05) is 30.9 Å². The zero-order valence-corrected chi connectivity index (χ0v) is 20.2. The lowest BCUT2D eigenvalue weighted by Gasteiger charge is -2.30. The minimum Gasteiger partial charge on any atom is -0.362 e. The van der Waals surface area contributed by atoms with Crippen LogP contribution in [0.3, 0.4) is 0 Å². The molecule has 1 aromatic carbocycles. The Labute approximate surface area is 200 Å². The Bertz CT molecular complexity index is 991. The summed E-state index contributed by atoms with van der Waals surface area (Å²) in [6.07, 6.45) is 8.81. The lowest BCUT2D eigenvalue weighted by atomic mass is 9.86. The number of halogens is 2. The normalized spacial score (nSPS) is 20.1. The zero-order valence-electron chi connectivity index (χ0n) is 19.5. The number of carbonyl (C=O) groups is 1. The average molecular weight is 474 g/mol. The first-order valence-electron chi connectivity index (χ1n) is 11.9. The molecule has 0 unspecified atom stereocenters. The second-order valence-corrected chi connectivity index (χ2v) is 9.88. The van der Waals surface area contributed by atoms with E-state index in [0.717, 1.165) is 50.3 Å². The van der Waals surface area contributed by atoms with Crippen LogP contribution in [0.4, 0.5) is 16.2 Å². The Morgan fingerprint density at radius 3 is 2.64 bits per heavy atom. The summed E-state index contributed by atoms with van der Waals surface area (Å²) in [6, 6.07) is 4.49. The summed E-state index contributed by atoms with van der Waals surface area (Å²) in [5.74, 6) is 1.76. The van der Waals surface area contributed by atoms with Crippen LogP contribution in [-0.2, 0) is 24.1 Å². The highest BCUT2D eigenvalue weighted by Gasteiger charge is 2.24. The number of aromatic nitrogens is 2. The molecule has 178 valence electrons. The average Bonchev–Trinajstić information content (AvgIpc) is 2.80. The van der Waals surface area contributed by atoms with Gasteiger partial charge in [0, 0.05) is 37.3 Å². The molecule has 0 atom stereocenters. The minimum atomic E-state index is -0.395. The van der Waals surface area contributed by atoms with E-state index in [1.54, 1.807) is 6.07 Å². The Hall–Kier alpha value is -2.41. The van der Waals surface area contributed by atoms with Gasteiger partial charge in [-0.25, -0.2) is 9.37 Å². The monoisotopic (exact) mass is 473 g/mol. The third-order valence-corrected chi connectivity index (χ3v) is 7.07. The topological polar surface area (TPSA) is 70.2 Å². The number of anilines is 2. The number of rotatable bonds is 7. The van der Waals surface area contributed by atoms with Crippen LogP contribution in [0.25, 0.3) is 0 Å². The first-order valence-corrected chi connectivity index (χ1v) is 12.3. The molecule has 2 aliphatic carbocycles. The lowest BCUT2D eigenvalue weighted by Crippen LogP contribution is -2.35. The van der Waals surface area contributed by atoms with E-state index in [-0.39, 0.29) is 12.3 Å². The largest absolute Gasteiger partial charge is 0.362 e. The van der Waals surface area contributed by atoms with Crippen molar-refractivity contribution in [2.24, 2.45) is 5.92 Å². The quantitative estimate of drug-likeness (QED) is 0.617. The van der Waals surface area contributed by atoms with E-state index in [1.165, 1.54) is 36.2 Å². The molecule has 0 aliphatic heterocycles. The summed E-state index contributed by atoms with van der Waals surface area (Å²) < 4.78 is 13.2. The molecule has 2 aliphatic rings. The number of hydrogen-bond donors (Lipinski definition) is 2. The molecule has 0 spiro atoms. The van der Waals surface area contributed by atoms with Gasteiger partial charge < -0.3 is 15.5 Å². The zero-order chi connectivity index (χ0) is 23.4. The summed E-state index contributed by atoms with van der Waals surface area (Å²) in [5, 5.41) is 6.88. The van der Waals surface area contributed by atoms with E-state index < -0.39 is 5.82 Å². The van der Waals surface area contributed by atoms with Crippen molar-refractivity contribution in [3.63, 3.8) is 0 Å². The van der Waals surface area contributed by atoms with Crippen molar-refractivity contribution >= 4 is 29.3 Å². The molecular weight excluding hydrogens is 441 g/mol. The van der Waals surface area contributed by atoms with Crippen molar-refractivity contribution in [2.45, 2.75) is 63.8 Å². The highest BCUT2D eigenvalue weighted by Crippen LogP contribution is 2.30. The summed E-state index contributed by atoms with van der Waals surface area (Å²) in [7, 11) is 4.09. The van der Waals surface area contributed by atoms with E-state index >= 15 is 0 Å². The molecule has 2 N–H and O–H groups in total. The molecule has 1 aromatic heterocycles. The van der Waals surface area contributed by atoms with Crippen molar-refractivity contribution in [3.8, 4) is 0 Å². The van der Waals surface area contributed by atoms with Gasteiger partial charge >= 0.3 is 0 Å². The molecule has 1 saturated carbocycles. The minimum absolute atomic E-state index is 0.0811. The van der Waals surface area contributed by atoms with Gasteiger partial charge in [-0.15, -0.1) is 0 Å². The van der Waals surface area contributed by atoms with Gasteiger partial charge in [0.05, 0.1) is 12.1 Å². The molecule has 8 heteroatoms. The van der Waals surface area contributed by atoms with Crippen LogP contribution < -0.4 is 15.5 Å². The number of aryl methyl sites for hydroxylation is 1. The van der Waals surface area contributed by atoms with Crippen LogP contribution in [0.5, 0.6) is 0 Å². The van der Waals surface area contributed by atoms with Gasteiger partial charge in [0.25, 0.3) is 0 Å². The van der Waals surface area contributed by atoms with E-state index in [0.29, 0.717) is 29.1 Å². The third-order valence-electron chi connectivity index (χ3n) is 6.72. The van der Waals surface area contributed by atoms with Crippen LogP contribution in [0.15, 0.2) is 18.2 Å². The second-order valence-electron chi connectivity index (χ2n) is 9.48. The fourth-order valence-electron chi connectivity index (χ4n) is 4.86. The number of nitrogens with zero attached hydrogens (tertiary/aromatic N) is 3. The van der Waals surface area contributed by atoms with Gasteiger partial charge in [0.1, 0.15) is 11.6 Å². The smallest absolute Gasteiger partial charge is 0.225 e. The fourth-order valence-corrected chi connectivity index (χ4v) is 5.09. The van der Waals surface area contributed by atoms with Crippen molar-refractivity contribution in [1.82, 2.24) is 15.3 Å². The van der Waals surface area contributed by atoms with Crippen molar-refractivity contribution in [3.05, 3.63) is 45.9 Å². The highest BCUT2D eigenvalue weighted by molar-refractivity contribution is 6.31. The third kappa shape index (κ3) is 6.14. The summed E-state index contributed by atoms with van der Waals surface area (Å²) >= 11 is 6.03. The predicted molar refractivity (Wildman–Crippen MR) is 130 cm³/mol. The molecule has 33 heavy (non-hydrogen) atoms. The Morgan fingerprint density at radius 2 is 1.91 bits per heavy atom. The number of benzene rings is 1. The molecule has 2 aromatic rings. The number of hydrogen-bond acceptors (Lipinski definition) is 5. The maximum Gasteiger partial charge on any atom is 0.225 e. The van der Waals surface area contributed by atoms with Gasteiger partial charge in [-0.3, -0.25) is 4.79 Å². The number of fused-ring (bicyclic) bond motifs is 1. The number of carbonyl (C=O) groups excluding carboxylic acids is 1. The molecule has 0 bridgehead atoms. The van der Waals surface area contributed by atoms with Gasteiger partial charge in [-0.05, 0) is 75.0 Å². The SMILES string of the molecule is CN(C)c1nc(NC2CCC(CNC(=O)Cc3ccc(F)cc3Cl)CC2)nc2c1CCCC2. The fraction of sp³-hybridized carbons (Fsp3) is 0.560. The molecule has 6 nitrogen and oxygen atoms in total. The number of amides is 1. The summed E-state index contributed by atoms with van der Waals surface area (Å²) in [5.41, 5.74) is 3.14. The number of nitrogens with one attached hydrogen (secondary N) is 2. The van der Waals surface area contributed by atoms with E-state index in [2.05, 4.69) is 15.5 Å². The Kier molecular flexibility index (Phi) is 7.68. The molecule has 1 fully saturated rings. The first kappa shape index (κ1) is 23.7. The second kappa shape index (κ2) is 10.7. The molecular formula is C25H33ClFN5O. The van der Waals surface area contributed by atoms with Crippen LogP contribution in [0.1, 0.15) is 55.3 Å². The van der Waals surface area contributed by atoms with Crippen LogP contribution in [0.2, 0.25) is 5.02 Å². The van der Waals surface area contributed by atoms with Gasteiger partial charge in [-0.2, -0.15) is 4.98 Å². The maximum absolute atomic E-state index is 13.2. The summed E-state index contributed by atoms with van der Waals surface area (Å²) in [6.45, 7) is 0.657. The first-order chi connectivity index (χ1) is 15.9. The van der Waals surface area contributed by atoms with E-state index in [1.807, 2.05) is 14.1 Å². The highest BCUT2D eigenvalue weighted by atomic mass is 35.5. The molecule has 0 radical (unpaired) electrons. The van der Waals surface area contributed by atoms with Gasteiger partial charge in [0.15, 0.2) is 0 Å². The van der Waals surface area contributed by atoms with E-state index in [9.17, 15) is 9.18 Å². The standard InChI is InChI=1S/C25H33ClFN5O/c1-32(2)24-20-5-3-4-6-22(20)30-25(31-24)29-19-11-7-16(8-12-19)15-28-23(33)13-17-9-10-18(27)14-21(17)26/h9-10,14,16,19H,3-8,11-13,15H2,1-2H3,(H,28,33)(H,29,30,31).